The average Bonchev–Trinajstić information content (AvgIpc) is 2.48. The monoisotopic (exact) mass is 306 g/mol. The zero-order valence-corrected chi connectivity index (χ0v) is 13.6. The van der Waals surface area contributed by atoms with Crippen molar-refractivity contribution < 1.29 is 14.6 Å². The van der Waals surface area contributed by atoms with Gasteiger partial charge in [-0.15, -0.1) is 0 Å². The second-order valence-electron chi connectivity index (χ2n) is 6.11. The quantitative estimate of drug-likeness (QED) is 0.874. The molecule has 0 aliphatic carbocycles. The summed E-state index contributed by atoms with van der Waals surface area (Å²) in [7, 11) is 1.60. The van der Waals surface area contributed by atoms with Gasteiger partial charge in [-0.2, -0.15) is 0 Å². The number of carbonyl (C=O) groups is 1. The Balaban J connectivity index is 1.87. The van der Waals surface area contributed by atoms with E-state index in [2.05, 4.69) is 10.2 Å². The van der Waals surface area contributed by atoms with Crippen LogP contribution in [0.4, 0.5) is 5.69 Å². The molecule has 1 aliphatic heterocycles. The molecule has 2 N–H and O–H groups in total. The third-order valence-corrected chi connectivity index (χ3v) is 4.31. The van der Waals surface area contributed by atoms with Gasteiger partial charge in [0.15, 0.2) is 0 Å². The Labute approximate surface area is 132 Å². The van der Waals surface area contributed by atoms with Crippen molar-refractivity contribution in [2.45, 2.75) is 32.8 Å². The van der Waals surface area contributed by atoms with Crippen LogP contribution in [0.25, 0.3) is 0 Å². The number of benzene rings is 1. The highest BCUT2D eigenvalue weighted by Crippen LogP contribution is 2.25. The van der Waals surface area contributed by atoms with Crippen LogP contribution in [0.5, 0.6) is 5.75 Å². The van der Waals surface area contributed by atoms with Crippen LogP contribution in [0.3, 0.4) is 0 Å². The van der Waals surface area contributed by atoms with Crippen LogP contribution in [0, 0.1) is 12.8 Å². The number of rotatable bonds is 5. The van der Waals surface area contributed by atoms with Gasteiger partial charge in [0.1, 0.15) is 5.75 Å². The molecule has 0 saturated carbocycles. The maximum absolute atomic E-state index is 12.2. The van der Waals surface area contributed by atoms with Crippen molar-refractivity contribution in [2.24, 2.45) is 5.92 Å². The van der Waals surface area contributed by atoms with Gasteiger partial charge in [0.25, 0.3) is 0 Å². The van der Waals surface area contributed by atoms with E-state index in [0.29, 0.717) is 23.9 Å². The van der Waals surface area contributed by atoms with Gasteiger partial charge in [0.2, 0.25) is 5.91 Å². The number of methoxy groups -OCH3 is 1. The number of hydrogen-bond acceptors (Lipinski definition) is 4. The molecule has 0 bridgehead atoms. The van der Waals surface area contributed by atoms with Crippen molar-refractivity contribution >= 4 is 11.6 Å². The predicted molar refractivity (Wildman–Crippen MR) is 87.2 cm³/mol. The first-order valence-electron chi connectivity index (χ1n) is 7.84. The van der Waals surface area contributed by atoms with Crippen LogP contribution in [0.1, 0.15) is 25.3 Å². The lowest BCUT2D eigenvalue weighted by Gasteiger charge is -2.32. The summed E-state index contributed by atoms with van der Waals surface area (Å²) in [5.74, 6) is 1.00. The Hall–Kier alpha value is -1.59. The van der Waals surface area contributed by atoms with Crippen molar-refractivity contribution in [1.29, 1.82) is 0 Å². The Kier molecular flexibility index (Phi) is 5.80. The maximum atomic E-state index is 12.2. The van der Waals surface area contributed by atoms with Gasteiger partial charge < -0.3 is 15.2 Å². The number of aliphatic hydroxyl groups excluding tert-OH is 1. The van der Waals surface area contributed by atoms with E-state index < -0.39 is 0 Å². The number of amides is 1. The zero-order valence-electron chi connectivity index (χ0n) is 13.6. The summed E-state index contributed by atoms with van der Waals surface area (Å²) >= 11 is 0. The van der Waals surface area contributed by atoms with E-state index in [0.717, 1.165) is 31.5 Å². The lowest BCUT2D eigenvalue weighted by atomic mass is 9.92. The first-order valence-corrected chi connectivity index (χ1v) is 7.84. The van der Waals surface area contributed by atoms with Crippen LogP contribution in [0.15, 0.2) is 18.2 Å². The molecule has 5 heteroatoms. The van der Waals surface area contributed by atoms with Crippen LogP contribution in [-0.2, 0) is 4.79 Å². The molecular weight excluding hydrogens is 280 g/mol. The Morgan fingerprint density at radius 1 is 1.45 bits per heavy atom. The predicted octanol–water partition coefficient (Wildman–Crippen LogP) is 2.03. The molecule has 1 heterocycles. The van der Waals surface area contributed by atoms with Gasteiger partial charge >= 0.3 is 0 Å². The number of likely N-dealkylation sites (tertiary alicyclic amines) is 1. The molecule has 1 aromatic carbocycles. The zero-order chi connectivity index (χ0) is 16.1. The van der Waals surface area contributed by atoms with Crippen molar-refractivity contribution in [3.05, 3.63) is 23.8 Å². The van der Waals surface area contributed by atoms with E-state index in [4.69, 9.17) is 4.74 Å². The molecule has 2 rings (SSSR count). The number of carbonyl (C=O) groups excluding carboxylic acids is 1. The molecule has 1 atom stereocenters. The maximum Gasteiger partial charge on any atom is 0.238 e. The van der Waals surface area contributed by atoms with E-state index in [1.165, 1.54) is 0 Å². The van der Waals surface area contributed by atoms with Gasteiger partial charge in [0, 0.05) is 0 Å². The van der Waals surface area contributed by atoms with Crippen LogP contribution in [0.2, 0.25) is 0 Å². The fourth-order valence-electron chi connectivity index (χ4n) is 2.91. The lowest BCUT2D eigenvalue weighted by Crippen LogP contribution is -2.41. The van der Waals surface area contributed by atoms with Crippen molar-refractivity contribution in [1.82, 2.24) is 4.90 Å². The molecule has 122 valence electrons. The third kappa shape index (κ3) is 4.45. The number of ether oxygens (including phenoxy) is 1. The normalized spacial score (nSPS) is 18.0. The second kappa shape index (κ2) is 7.61. The summed E-state index contributed by atoms with van der Waals surface area (Å²) in [6, 6.07) is 5.73. The number of aliphatic hydroxyl groups is 1. The van der Waals surface area contributed by atoms with Crippen molar-refractivity contribution in [3.63, 3.8) is 0 Å². The minimum atomic E-state index is -0.257. The summed E-state index contributed by atoms with van der Waals surface area (Å²) in [4.78, 5) is 14.4. The molecule has 0 aromatic heterocycles. The van der Waals surface area contributed by atoms with E-state index >= 15 is 0 Å². The molecule has 0 radical (unpaired) electrons. The minimum Gasteiger partial charge on any atom is -0.495 e. The van der Waals surface area contributed by atoms with Gasteiger partial charge in [0.05, 0.1) is 25.4 Å². The second-order valence-corrected chi connectivity index (χ2v) is 6.11. The van der Waals surface area contributed by atoms with Gasteiger partial charge in [-0.3, -0.25) is 9.69 Å². The minimum absolute atomic E-state index is 0.0283. The first-order chi connectivity index (χ1) is 10.5. The first kappa shape index (κ1) is 16.8. The van der Waals surface area contributed by atoms with E-state index in [9.17, 15) is 9.90 Å². The number of piperidine rings is 1. The van der Waals surface area contributed by atoms with Crippen LogP contribution >= 0.6 is 0 Å². The SMILES string of the molecule is COc1ccc(C)cc1NC(=O)CN1CCC(C(C)O)CC1. The number of anilines is 1. The van der Waals surface area contributed by atoms with E-state index in [1.807, 2.05) is 32.0 Å². The summed E-state index contributed by atoms with van der Waals surface area (Å²) in [5.41, 5.74) is 1.79. The highest BCUT2D eigenvalue weighted by molar-refractivity contribution is 5.93. The fraction of sp³-hybridized carbons (Fsp3) is 0.588. The van der Waals surface area contributed by atoms with Gasteiger partial charge in [-0.25, -0.2) is 0 Å². The topological polar surface area (TPSA) is 61.8 Å². The Bertz CT molecular complexity index is 509. The third-order valence-electron chi connectivity index (χ3n) is 4.31. The molecule has 1 fully saturated rings. The average molecular weight is 306 g/mol. The fourth-order valence-corrected chi connectivity index (χ4v) is 2.91. The molecule has 1 saturated heterocycles. The summed E-state index contributed by atoms with van der Waals surface area (Å²) < 4.78 is 5.28. The molecule has 1 aromatic rings. The van der Waals surface area contributed by atoms with Crippen molar-refractivity contribution in [3.8, 4) is 5.75 Å². The molecule has 1 aliphatic rings. The van der Waals surface area contributed by atoms with E-state index in [1.54, 1.807) is 7.11 Å². The molecule has 5 nitrogen and oxygen atoms in total. The van der Waals surface area contributed by atoms with Crippen LogP contribution < -0.4 is 10.1 Å². The molecular formula is C17H26N2O3. The van der Waals surface area contributed by atoms with Gasteiger partial charge in [-0.05, 0) is 63.4 Å². The largest absolute Gasteiger partial charge is 0.495 e. The summed E-state index contributed by atoms with van der Waals surface area (Å²) in [6.45, 7) is 5.92. The smallest absolute Gasteiger partial charge is 0.238 e. The molecule has 0 spiro atoms. The van der Waals surface area contributed by atoms with Crippen molar-refractivity contribution in [2.75, 3.05) is 32.1 Å². The number of nitrogens with zero attached hydrogens (tertiary/aromatic N) is 1. The Morgan fingerprint density at radius 2 is 2.14 bits per heavy atom. The van der Waals surface area contributed by atoms with Gasteiger partial charge in [-0.1, -0.05) is 6.07 Å². The molecule has 1 unspecified atom stereocenters. The van der Waals surface area contributed by atoms with Crippen LogP contribution in [-0.4, -0.2) is 48.8 Å². The summed E-state index contributed by atoms with van der Waals surface area (Å²) in [5, 5.41) is 12.5. The Morgan fingerprint density at radius 3 is 2.73 bits per heavy atom. The number of nitrogens with one attached hydrogen (secondary N) is 1. The highest BCUT2D eigenvalue weighted by Gasteiger charge is 2.23. The van der Waals surface area contributed by atoms with E-state index in [-0.39, 0.29) is 12.0 Å². The highest BCUT2D eigenvalue weighted by atomic mass is 16.5. The number of aryl methyl sites for hydroxylation is 1. The number of hydrogen-bond donors (Lipinski definition) is 2. The lowest BCUT2D eigenvalue weighted by molar-refractivity contribution is -0.117. The summed E-state index contributed by atoms with van der Waals surface area (Å²) in [6.07, 6.45) is 1.63. The molecule has 1 amide bonds. The standard InChI is InChI=1S/C17H26N2O3/c1-12-4-5-16(22-3)15(10-12)18-17(21)11-19-8-6-14(7-9-19)13(2)20/h4-5,10,13-14,20H,6-9,11H2,1-3H3,(H,18,21). The molecule has 22 heavy (non-hydrogen) atoms.